The molecule has 1 atom stereocenters. The summed E-state index contributed by atoms with van der Waals surface area (Å²) >= 11 is 0. The van der Waals surface area contributed by atoms with Crippen molar-refractivity contribution in [3.8, 4) is 11.4 Å². The molecule has 0 spiro atoms. The lowest BCUT2D eigenvalue weighted by molar-refractivity contribution is 0.102. The summed E-state index contributed by atoms with van der Waals surface area (Å²) in [5.74, 6) is 0.897. The van der Waals surface area contributed by atoms with Gasteiger partial charge in [0.15, 0.2) is 0 Å². The van der Waals surface area contributed by atoms with Crippen molar-refractivity contribution in [3.05, 3.63) is 78.1 Å². The molecule has 0 saturated heterocycles. The SMILES string of the molecule is CO[C@H](CNCc1cnc(-c2ccccc2)[nH]1)c1ccccc1. The lowest BCUT2D eigenvalue weighted by Crippen LogP contribution is -2.22. The van der Waals surface area contributed by atoms with Crippen LogP contribution in [0.4, 0.5) is 0 Å². The third-order valence-corrected chi connectivity index (χ3v) is 3.78. The van der Waals surface area contributed by atoms with E-state index < -0.39 is 0 Å². The Kier molecular flexibility index (Phi) is 5.19. The number of imidazole rings is 1. The molecule has 0 aliphatic rings. The van der Waals surface area contributed by atoms with E-state index in [0.29, 0.717) is 0 Å². The maximum absolute atomic E-state index is 5.56. The topological polar surface area (TPSA) is 49.9 Å². The molecule has 0 unspecified atom stereocenters. The van der Waals surface area contributed by atoms with Crippen molar-refractivity contribution in [2.24, 2.45) is 0 Å². The molecule has 0 aliphatic heterocycles. The zero-order chi connectivity index (χ0) is 15.9. The minimum absolute atomic E-state index is 0.0488. The first-order valence-electron chi connectivity index (χ1n) is 7.74. The van der Waals surface area contributed by atoms with Crippen LogP contribution < -0.4 is 5.32 Å². The van der Waals surface area contributed by atoms with Crippen molar-refractivity contribution in [2.45, 2.75) is 12.6 Å². The molecular formula is C19H21N3O. The zero-order valence-electron chi connectivity index (χ0n) is 13.2. The number of aromatic amines is 1. The molecule has 4 heteroatoms. The highest BCUT2D eigenvalue weighted by Gasteiger charge is 2.09. The third kappa shape index (κ3) is 4.06. The van der Waals surface area contributed by atoms with Gasteiger partial charge in [-0.05, 0) is 5.56 Å². The quantitative estimate of drug-likeness (QED) is 0.702. The summed E-state index contributed by atoms with van der Waals surface area (Å²) in [7, 11) is 1.74. The Morgan fingerprint density at radius 3 is 2.43 bits per heavy atom. The van der Waals surface area contributed by atoms with Gasteiger partial charge in [0.05, 0.1) is 6.10 Å². The fourth-order valence-corrected chi connectivity index (χ4v) is 2.53. The van der Waals surface area contributed by atoms with E-state index in [1.807, 2.05) is 54.7 Å². The minimum atomic E-state index is 0.0488. The molecule has 3 rings (SSSR count). The molecule has 2 aromatic carbocycles. The molecule has 0 radical (unpaired) electrons. The van der Waals surface area contributed by atoms with E-state index >= 15 is 0 Å². The van der Waals surface area contributed by atoms with Crippen molar-refractivity contribution in [3.63, 3.8) is 0 Å². The van der Waals surface area contributed by atoms with Crippen molar-refractivity contribution in [1.82, 2.24) is 15.3 Å². The summed E-state index contributed by atoms with van der Waals surface area (Å²) in [5, 5.41) is 3.42. The smallest absolute Gasteiger partial charge is 0.137 e. The number of ether oxygens (including phenoxy) is 1. The highest BCUT2D eigenvalue weighted by molar-refractivity contribution is 5.54. The maximum atomic E-state index is 5.56. The minimum Gasteiger partial charge on any atom is -0.375 e. The van der Waals surface area contributed by atoms with E-state index in [1.165, 1.54) is 5.56 Å². The summed E-state index contributed by atoms with van der Waals surface area (Å²) in [5.41, 5.74) is 3.33. The molecule has 3 aromatic rings. The van der Waals surface area contributed by atoms with E-state index in [0.717, 1.165) is 30.2 Å². The molecule has 23 heavy (non-hydrogen) atoms. The number of nitrogens with zero attached hydrogens (tertiary/aromatic N) is 1. The zero-order valence-corrected chi connectivity index (χ0v) is 13.2. The van der Waals surface area contributed by atoms with Crippen molar-refractivity contribution < 1.29 is 4.74 Å². The van der Waals surface area contributed by atoms with Gasteiger partial charge in [-0.1, -0.05) is 60.7 Å². The monoisotopic (exact) mass is 307 g/mol. The highest BCUT2D eigenvalue weighted by Crippen LogP contribution is 2.16. The number of hydrogen-bond acceptors (Lipinski definition) is 3. The molecule has 118 valence electrons. The largest absolute Gasteiger partial charge is 0.375 e. The normalized spacial score (nSPS) is 12.2. The van der Waals surface area contributed by atoms with Gasteiger partial charge >= 0.3 is 0 Å². The Hall–Kier alpha value is -2.43. The van der Waals surface area contributed by atoms with Gasteiger partial charge in [-0.2, -0.15) is 0 Å². The fourth-order valence-electron chi connectivity index (χ4n) is 2.53. The van der Waals surface area contributed by atoms with Gasteiger partial charge in [-0.25, -0.2) is 4.98 Å². The van der Waals surface area contributed by atoms with Gasteiger partial charge in [0, 0.05) is 37.7 Å². The average molecular weight is 307 g/mol. The Morgan fingerprint density at radius 2 is 1.74 bits per heavy atom. The molecule has 4 nitrogen and oxygen atoms in total. The number of H-pyrrole nitrogens is 1. The van der Waals surface area contributed by atoms with Crippen LogP contribution in [0.2, 0.25) is 0 Å². The molecule has 1 heterocycles. The van der Waals surface area contributed by atoms with Crippen LogP contribution in [0.15, 0.2) is 66.9 Å². The molecular weight excluding hydrogens is 286 g/mol. The summed E-state index contributed by atoms with van der Waals surface area (Å²) < 4.78 is 5.56. The van der Waals surface area contributed by atoms with Crippen LogP contribution in [0.5, 0.6) is 0 Å². The van der Waals surface area contributed by atoms with Crippen LogP contribution in [0.3, 0.4) is 0 Å². The van der Waals surface area contributed by atoms with Crippen molar-refractivity contribution in [2.75, 3.05) is 13.7 Å². The molecule has 0 amide bonds. The van der Waals surface area contributed by atoms with Crippen LogP contribution in [-0.4, -0.2) is 23.6 Å². The molecule has 2 N–H and O–H groups in total. The Bertz CT molecular complexity index is 710. The predicted molar refractivity (Wildman–Crippen MR) is 91.9 cm³/mol. The standard InChI is InChI=1S/C19H21N3O/c1-23-18(15-8-4-2-5-9-15)14-20-12-17-13-21-19(22-17)16-10-6-3-7-11-16/h2-11,13,18,20H,12,14H2,1H3,(H,21,22)/t18-/m1/s1. The van der Waals surface area contributed by atoms with E-state index in [1.54, 1.807) is 7.11 Å². The number of benzene rings is 2. The number of aromatic nitrogens is 2. The third-order valence-electron chi connectivity index (χ3n) is 3.78. The Morgan fingerprint density at radius 1 is 1.04 bits per heavy atom. The van der Waals surface area contributed by atoms with Gasteiger partial charge in [0.2, 0.25) is 0 Å². The Balaban J connectivity index is 1.56. The van der Waals surface area contributed by atoms with E-state index in [2.05, 4.69) is 27.4 Å². The van der Waals surface area contributed by atoms with Gasteiger partial charge in [0.25, 0.3) is 0 Å². The van der Waals surface area contributed by atoms with E-state index in [-0.39, 0.29) is 6.10 Å². The van der Waals surface area contributed by atoms with Crippen LogP contribution in [-0.2, 0) is 11.3 Å². The first-order chi connectivity index (χ1) is 11.4. The van der Waals surface area contributed by atoms with Crippen LogP contribution in [0, 0.1) is 0 Å². The van der Waals surface area contributed by atoms with Gasteiger partial charge in [-0.15, -0.1) is 0 Å². The number of hydrogen-bond donors (Lipinski definition) is 2. The molecule has 0 fully saturated rings. The molecule has 1 aromatic heterocycles. The lowest BCUT2D eigenvalue weighted by atomic mass is 10.1. The van der Waals surface area contributed by atoms with E-state index in [4.69, 9.17) is 4.74 Å². The first-order valence-corrected chi connectivity index (χ1v) is 7.74. The van der Waals surface area contributed by atoms with Crippen LogP contribution in [0.25, 0.3) is 11.4 Å². The number of methoxy groups -OCH3 is 1. The second kappa shape index (κ2) is 7.72. The predicted octanol–water partition coefficient (Wildman–Crippen LogP) is 3.55. The van der Waals surface area contributed by atoms with Crippen LogP contribution >= 0.6 is 0 Å². The Labute approximate surface area is 136 Å². The van der Waals surface area contributed by atoms with Gasteiger partial charge < -0.3 is 15.0 Å². The van der Waals surface area contributed by atoms with Gasteiger partial charge in [0.1, 0.15) is 5.82 Å². The second-order valence-corrected chi connectivity index (χ2v) is 5.39. The maximum Gasteiger partial charge on any atom is 0.137 e. The average Bonchev–Trinajstić information content (AvgIpc) is 3.09. The summed E-state index contributed by atoms with van der Waals surface area (Å²) in [6.45, 7) is 1.48. The number of nitrogens with one attached hydrogen (secondary N) is 2. The molecule has 0 saturated carbocycles. The number of rotatable bonds is 7. The summed E-state index contributed by atoms with van der Waals surface area (Å²) in [6.07, 6.45) is 1.92. The molecule has 0 aliphatic carbocycles. The van der Waals surface area contributed by atoms with Crippen LogP contribution in [0.1, 0.15) is 17.4 Å². The summed E-state index contributed by atoms with van der Waals surface area (Å²) in [6, 6.07) is 20.4. The summed E-state index contributed by atoms with van der Waals surface area (Å²) in [4.78, 5) is 7.78. The first kappa shape index (κ1) is 15.5. The highest BCUT2D eigenvalue weighted by atomic mass is 16.5. The fraction of sp³-hybridized carbons (Fsp3) is 0.211. The van der Waals surface area contributed by atoms with E-state index in [9.17, 15) is 0 Å². The second-order valence-electron chi connectivity index (χ2n) is 5.39. The van der Waals surface area contributed by atoms with Crippen molar-refractivity contribution in [1.29, 1.82) is 0 Å². The van der Waals surface area contributed by atoms with Gasteiger partial charge in [-0.3, -0.25) is 0 Å². The van der Waals surface area contributed by atoms with Crippen molar-refractivity contribution >= 4 is 0 Å². The molecule has 0 bridgehead atoms. The lowest BCUT2D eigenvalue weighted by Gasteiger charge is -2.16.